The Labute approximate surface area is 207 Å². The highest BCUT2D eigenvalue weighted by Crippen LogP contribution is 2.33. The topological polar surface area (TPSA) is 135 Å². The van der Waals surface area contributed by atoms with Crippen molar-refractivity contribution in [2.24, 2.45) is 22.4 Å². The number of carbonyl (C=O) groups excluding carboxylic acids is 1. The molecule has 2 fully saturated rings. The van der Waals surface area contributed by atoms with E-state index in [-0.39, 0.29) is 30.4 Å². The van der Waals surface area contributed by atoms with Crippen LogP contribution >= 0.6 is 0 Å². The molecule has 0 saturated carbocycles. The minimum atomic E-state index is -0.694. The van der Waals surface area contributed by atoms with Crippen molar-refractivity contribution in [3.8, 4) is 5.88 Å². The molecule has 4 N–H and O–H groups in total. The summed E-state index contributed by atoms with van der Waals surface area (Å²) in [5.74, 6) is 1.45. The molecule has 0 spiro atoms. The summed E-state index contributed by atoms with van der Waals surface area (Å²) in [4.78, 5) is 32.6. The van der Waals surface area contributed by atoms with Crippen LogP contribution in [0.5, 0.6) is 5.88 Å². The normalized spacial score (nSPS) is 24.2. The number of aliphatic imine (C=N–C) groups is 1. The van der Waals surface area contributed by atoms with Gasteiger partial charge in [-0.15, -0.1) is 0 Å². The number of methoxy groups -OCH3 is 1. The number of amides is 2. The second-order valence-electron chi connectivity index (χ2n) is 10.1. The van der Waals surface area contributed by atoms with Gasteiger partial charge < -0.3 is 30.7 Å². The van der Waals surface area contributed by atoms with Crippen molar-refractivity contribution in [3.05, 3.63) is 23.5 Å². The smallest absolute Gasteiger partial charge is 0.321 e. The van der Waals surface area contributed by atoms with Gasteiger partial charge in [-0.1, -0.05) is 0 Å². The number of hydrogen-bond acceptors (Lipinski definition) is 8. The molecule has 1 unspecified atom stereocenters. The molecule has 4 heterocycles. The van der Waals surface area contributed by atoms with Gasteiger partial charge in [0.2, 0.25) is 5.88 Å². The molecule has 1 aromatic heterocycles. The summed E-state index contributed by atoms with van der Waals surface area (Å²) in [6.07, 6.45) is 3.78. The van der Waals surface area contributed by atoms with E-state index in [0.717, 1.165) is 45.7 Å². The number of urea groups is 1. The fourth-order valence-corrected chi connectivity index (χ4v) is 5.09. The molecule has 3 aliphatic rings. The summed E-state index contributed by atoms with van der Waals surface area (Å²) in [5, 5.41) is 0. The third-order valence-corrected chi connectivity index (χ3v) is 7.38. The number of nitrogens with zero attached hydrogens (tertiary/aromatic N) is 6. The Hall–Kier alpha value is -2.92. The predicted octanol–water partition coefficient (Wildman–Crippen LogP) is 1.33. The number of carbonyl (C=O) groups is 1. The molecule has 3 aliphatic heterocycles. The molecular formula is C24H38N8O3. The predicted molar refractivity (Wildman–Crippen MR) is 133 cm³/mol. The van der Waals surface area contributed by atoms with Gasteiger partial charge in [-0.05, 0) is 39.5 Å². The van der Waals surface area contributed by atoms with Gasteiger partial charge in [0, 0.05) is 69.0 Å². The Bertz CT molecular complexity index is 989. The van der Waals surface area contributed by atoms with Gasteiger partial charge in [-0.2, -0.15) is 9.98 Å². The Balaban J connectivity index is 1.43. The molecular weight excluding hydrogens is 448 g/mol. The first-order valence-corrected chi connectivity index (χ1v) is 12.3. The van der Waals surface area contributed by atoms with Crippen LogP contribution in [0.1, 0.15) is 33.6 Å². The lowest BCUT2D eigenvalue weighted by atomic mass is 9.98. The van der Waals surface area contributed by atoms with E-state index in [1.807, 2.05) is 18.7 Å². The average molecular weight is 487 g/mol. The summed E-state index contributed by atoms with van der Waals surface area (Å²) in [5.41, 5.74) is 13.3. The Morgan fingerprint density at radius 3 is 2.74 bits per heavy atom. The van der Waals surface area contributed by atoms with Crippen LogP contribution in [0, 0.1) is 5.92 Å². The summed E-state index contributed by atoms with van der Waals surface area (Å²) in [6.45, 7) is 11.5. The molecule has 35 heavy (non-hydrogen) atoms. The number of rotatable bonds is 5. The molecule has 192 valence electrons. The maximum absolute atomic E-state index is 13.7. The summed E-state index contributed by atoms with van der Waals surface area (Å²) < 4.78 is 10.6. The van der Waals surface area contributed by atoms with Gasteiger partial charge in [0.05, 0.1) is 19.2 Å². The monoisotopic (exact) mass is 486 g/mol. The fourth-order valence-electron chi connectivity index (χ4n) is 5.09. The minimum Gasteiger partial charge on any atom is -0.481 e. The van der Waals surface area contributed by atoms with E-state index in [4.69, 9.17) is 20.9 Å². The molecule has 0 bridgehead atoms. The number of hydrogen-bond donors (Lipinski definition) is 2. The van der Waals surface area contributed by atoms with Crippen LogP contribution in [0.15, 0.2) is 28.5 Å². The standard InChI is InChI=1S/C24H38N8O3/c1-16-13-30(14-17-6-11-35-12-7-17)9-10-31(16)23(33)32-15-18(20(25)24(32,2)3)21(26)29-22-27-8-5-19(28-22)34-4/h5,8,16-17H,6-7,9-15,25H2,1-4H3,(H2,26,27,28,29). The molecule has 4 rings (SSSR count). The van der Waals surface area contributed by atoms with Gasteiger partial charge >= 0.3 is 6.03 Å². The number of piperazine rings is 1. The van der Waals surface area contributed by atoms with Crippen LogP contribution < -0.4 is 16.2 Å². The molecule has 0 radical (unpaired) electrons. The molecule has 0 aromatic carbocycles. The van der Waals surface area contributed by atoms with Gasteiger partial charge in [-0.25, -0.2) is 9.78 Å². The lowest BCUT2D eigenvalue weighted by molar-refractivity contribution is 0.0320. The van der Waals surface area contributed by atoms with Gasteiger partial charge in [-0.3, -0.25) is 4.90 Å². The second kappa shape index (κ2) is 10.4. The largest absolute Gasteiger partial charge is 0.481 e. The van der Waals surface area contributed by atoms with Crippen molar-refractivity contribution >= 4 is 17.8 Å². The highest BCUT2D eigenvalue weighted by atomic mass is 16.5. The van der Waals surface area contributed by atoms with Crippen LogP contribution in [-0.2, 0) is 4.74 Å². The lowest BCUT2D eigenvalue weighted by Crippen LogP contribution is -2.60. The highest BCUT2D eigenvalue weighted by Gasteiger charge is 2.45. The lowest BCUT2D eigenvalue weighted by Gasteiger charge is -2.45. The summed E-state index contributed by atoms with van der Waals surface area (Å²) in [7, 11) is 1.52. The van der Waals surface area contributed by atoms with E-state index < -0.39 is 5.54 Å². The Morgan fingerprint density at radius 1 is 1.31 bits per heavy atom. The van der Waals surface area contributed by atoms with Gasteiger partial charge in [0.15, 0.2) is 0 Å². The highest BCUT2D eigenvalue weighted by molar-refractivity contribution is 6.01. The van der Waals surface area contributed by atoms with Crippen molar-refractivity contribution in [2.75, 3.05) is 53.0 Å². The van der Waals surface area contributed by atoms with Crippen LogP contribution in [0.2, 0.25) is 0 Å². The first-order chi connectivity index (χ1) is 16.7. The van der Waals surface area contributed by atoms with Crippen LogP contribution in [-0.4, -0.2) is 101 Å². The maximum atomic E-state index is 13.7. The Morgan fingerprint density at radius 2 is 2.06 bits per heavy atom. The fraction of sp³-hybridized carbons (Fsp3) is 0.667. The first kappa shape index (κ1) is 25.2. The molecule has 2 saturated heterocycles. The zero-order valence-electron chi connectivity index (χ0n) is 21.2. The van der Waals surface area contributed by atoms with E-state index in [9.17, 15) is 4.79 Å². The van der Waals surface area contributed by atoms with Crippen LogP contribution in [0.4, 0.5) is 10.7 Å². The van der Waals surface area contributed by atoms with E-state index >= 15 is 0 Å². The van der Waals surface area contributed by atoms with Gasteiger partial charge in [0.25, 0.3) is 5.95 Å². The van der Waals surface area contributed by atoms with Crippen molar-refractivity contribution in [1.29, 1.82) is 0 Å². The summed E-state index contributed by atoms with van der Waals surface area (Å²) in [6, 6.07) is 1.71. The number of aromatic nitrogens is 2. The number of ether oxygens (including phenoxy) is 2. The van der Waals surface area contributed by atoms with Crippen LogP contribution in [0.3, 0.4) is 0 Å². The zero-order valence-corrected chi connectivity index (χ0v) is 21.2. The molecule has 11 nitrogen and oxygen atoms in total. The third-order valence-electron chi connectivity index (χ3n) is 7.38. The molecule has 2 amide bonds. The van der Waals surface area contributed by atoms with E-state index in [0.29, 0.717) is 29.6 Å². The van der Waals surface area contributed by atoms with E-state index in [2.05, 4.69) is 26.8 Å². The quantitative estimate of drug-likeness (QED) is 0.470. The zero-order chi connectivity index (χ0) is 25.2. The second-order valence-corrected chi connectivity index (χ2v) is 10.1. The van der Waals surface area contributed by atoms with Crippen LogP contribution in [0.25, 0.3) is 0 Å². The SMILES string of the molecule is COc1ccnc(/N=C(\N)C2=C(N)C(C)(C)N(C(=O)N3CCN(CC4CCOCC4)CC3C)C2)n1. The van der Waals surface area contributed by atoms with E-state index in [1.54, 1.807) is 17.2 Å². The Kier molecular flexibility index (Phi) is 7.46. The minimum absolute atomic E-state index is 0.0309. The molecule has 1 atom stereocenters. The van der Waals surface area contributed by atoms with Gasteiger partial charge in [0.1, 0.15) is 5.84 Å². The first-order valence-electron chi connectivity index (χ1n) is 12.3. The van der Waals surface area contributed by atoms with Crippen molar-refractivity contribution < 1.29 is 14.3 Å². The third kappa shape index (κ3) is 5.35. The molecule has 1 aromatic rings. The number of nitrogens with two attached hydrogens (primary N) is 2. The number of amidine groups is 1. The molecule has 0 aliphatic carbocycles. The van der Waals surface area contributed by atoms with E-state index in [1.165, 1.54) is 7.11 Å². The average Bonchev–Trinajstić information content (AvgIpc) is 3.08. The van der Waals surface area contributed by atoms with Crippen molar-refractivity contribution in [3.63, 3.8) is 0 Å². The maximum Gasteiger partial charge on any atom is 0.321 e. The summed E-state index contributed by atoms with van der Waals surface area (Å²) >= 11 is 0. The van der Waals surface area contributed by atoms with Crippen molar-refractivity contribution in [2.45, 2.75) is 45.2 Å². The molecule has 11 heteroatoms. The van der Waals surface area contributed by atoms with Crippen molar-refractivity contribution in [1.82, 2.24) is 24.7 Å².